The van der Waals surface area contributed by atoms with E-state index in [0.717, 1.165) is 76.5 Å². The molecular formula is C54H38BN3S. The van der Waals surface area contributed by atoms with Gasteiger partial charge < -0.3 is 14.7 Å². The monoisotopic (exact) mass is 781 g/mol. The summed E-state index contributed by atoms with van der Waals surface area (Å²) < 4.78 is 90.4. The molecule has 0 saturated heterocycles. The zero-order valence-corrected chi connectivity index (χ0v) is 32.4. The van der Waals surface area contributed by atoms with E-state index in [1.54, 1.807) is 17.4 Å². The molecule has 2 aliphatic heterocycles. The molecule has 0 saturated carbocycles. The second kappa shape index (κ2) is 14.2. The van der Waals surface area contributed by atoms with E-state index in [0.29, 0.717) is 5.69 Å². The average Bonchev–Trinajstić information content (AvgIpc) is 3.76. The molecular weight excluding hydrogens is 733 g/mol. The molecule has 0 bridgehead atoms. The Kier molecular flexibility index (Phi) is 6.23. The molecule has 5 heteroatoms. The summed E-state index contributed by atoms with van der Waals surface area (Å²) in [6, 6.07) is 38.7. The molecule has 2 aliphatic rings. The first-order valence-corrected chi connectivity index (χ1v) is 20.0. The van der Waals surface area contributed by atoms with E-state index in [1.807, 2.05) is 78.9 Å². The summed E-state index contributed by atoms with van der Waals surface area (Å²) in [5.74, 6) is 0. The van der Waals surface area contributed by atoms with E-state index < -0.39 is 60.4 Å². The van der Waals surface area contributed by atoms with E-state index in [4.69, 9.17) is 13.7 Å². The third-order valence-corrected chi connectivity index (χ3v) is 12.4. The number of fused-ring (bicyclic) bond motifs is 6. The second-order valence-electron chi connectivity index (χ2n) is 14.3. The summed E-state index contributed by atoms with van der Waals surface area (Å²) in [7, 11) is 0. The molecule has 0 atom stereocenters. The predicted octanol–water partition coefficient (Wildman–Crippen LogP) is 13.4. The van der Waals surface area contributed by atoms with Crippen LogP contribution >= 0.6 is 11.3 Å². The van der Waals surface area contributed by atoms with Gasteiger partial charge in [0.05, 0.1) is 19.4 Å². The van der Waals surface area contributed by atoms with Crippen molar-refractivity contribution in [3.63, 3.8) is 0 Å². The van der Waals surface area contributed by atoms with Crippen molar-refractivity contribution in [3.8, 4) is 11.1 Å². The highest BCUT2D eigenvalue weighted by atomic mass is 32.1. The van der Waals surface area contributed by atoms with Crippen molar-refractivity contribution in [3.05, 3.63) is 218 Å². The van der Waals surface area contributed by atoms with E-state index >= 15 is 0 Å². The molecule has 0 spiro atoms. The zero-order chi connectivity index (χ0) is 48.2. The van der Waals surface area contributed by atoms with Gasteiger partial charge in [0, 0.05) is 60.4 Å². The second-order valence-corrected chi connectivity index (χ2v) is 15.4. The molecule has 0 aliphatic carbocycles. The number of rotatable bonds is 8. The van der Waals surface area contributed by atoms with Crippen molar-refractivity contribution in [1.29, 1.82) is 0 Å². The van der Waals surface area contributed by atoms with Crippen LogP contribution in [0.2, 0.25) is 0 Å². The van der Waals surface area contributed by atoms with Crippen molar-refractivity contribution in [2.45, 2.75) is 0 Å². The maximum atomic E-state index is 9.16. The Morgan fingerprint density at radius 3 is 1.92 bits per heavy atom. The molecule has 0 fully saturated rings. The van der Waals surface area contributed by atoms with Crippen molar-refractivity contribution in [1.82, 2.24) is 0 Å². The van der Waals surface area contributed by atoms with Crippen molar-refractivity contribution in [2.75, 3.05) is 14.7 Å². The molecule has 0 radical (unpaired) electrons. The minimum absolute atomic E-state index is 0.215. The van der Waals surface area contributed by atoms with Crippen molar-refractivity contribution >= 4 is 107 Å². The summed E-state index contributed by atoms with van der Waals surface area (Å²) >= 11 is 1.72. The Labute approximate surface area is 363 Å². The summed E-state index contributed by atoms with van der Waals surface area (Å²) in [6.07, 6.45) is 3.67. The Morgan fingerprint density at radius 2 is 1.22 bits per heavy atom. The van der Waals surface area contributed by atoms with Crippen molar-refractivity contribution in [2.24, 2.45) is 0 Å². The van der Waals surface area contributed by atoms with Gasteiger partial charge in [-0.3, -0.25) is 0 Å². The molecule has 3 heterocycles. The first-order chi connectivity index (χ1) is 33.3. The van der Waals surface area contributed by atoms with Crippen LogP contribution in [-0.4, -0.2) is 6.71 Å². The van der Waals surface area contributed by atoms with E-state index in [1.165, 1.54) is 4.90 Å². The third kappa shape index (κ3) is 5.65. The van der Waals surface area contributed by atoms with Gasteiger partial charge in [0.2, 0.25) is 0 Å². The van der Waals surface area contributed by atoms with E-state index in [2.05, 4.69) is 83.6 Å². The van der Waals surface area contributed by atoms with Crippen LogP contribution < -0.4 is 30.4 Å². The average molecular weight is 782 g/mol. The van der Waals surface area contributed by atoms with E-state index in [-0.39, 0.29) is 23.8 Å². The van der Waals surface area contributed by atoms with Crippen LogP contribution in [0.5, 0.6) is 0 Å². The molecule has 278 valence electrons. The van der Waals surface area contributed by atoms with Crippen LogP contribution in [0.25, 0.3) is 33.4 Å². The Morgan fingerprint density at radius 1 is 0.542 bits per heavy atom. The lowest BCUT2D eigenvalue weighted by Gasteiger charge is -2.43. The maximum Gasteiger partial charge on any atom is 0.264 e. The fourth-order valence-corrected chi connectivity index (χ4v) is 9.92. The number of hydrogen-bond donors (Lipinski definition) is 0. The fourth-order valence-electron chi connectivity index (χ4n) is 8.62. The lowest BCUT2D eigenvalue weighted by Crippen LogP contribution is -2.60. The molecule has 59 heavy (non-hydrogen) atoms. The van der Waals surface area contributed by atoms with Crippen LogP contribution in [-0.2, 0) is 0 Å². The largest absolute Gasteiger partial charge is 0.311 e. The molecule has 8 aromatic carbocycles. The van der Waals surface area contributed by atoms with Crippen molar-refractivity contribution < 1.29 is 13.7 Å². The standard InChI is InChI=1S/C54H38BN3S/c1-3-37-28-30-44(34-38(37)4-2)58-49-27-17-26-48-52(49)55(54-53(58)46-35-40(29-33-51(46)59-54)39-18-9-5-10-19-39)47-32-31-45(36-50(47)57(48)43-24-15-8-16-25-43)56(41-20-11-6-12-21-41)42-22-13-7-14-23-42/h3-36H,1-2H2/i6D,7D,11D,12D,13D,14D,20D,21D,22D,23D. The first kappa shape index (κ1) is 25.8. The number of benzene rings is 8. The minimum atomic E-state index is -0.632. The summed E-state index contributed by atoms with van der Waals surface area (Å²) in [5.41, 5.74) is 10.8. The molecule has 0 N–H and O–H groups in total. The number of para-hydroxylation sites is 3. The van der Waals surface area contributed by atoms with Crippen LogP contribution in [0.15, 0.2) is 207 Å². The molecule has 9 aromatic rings. The number of hydrogen-bond acceptors (Lipinski definition) is 4. The smallest absolute Gasteiger partial charge is 0.264 e. The Bertz CT molecular complexity index is 3530. The lowest BCUT2D eigenvalue weighted by molar-refractivity contribution is 1.24. The Balaban J connectivity index is 1.24. The first-order valence-electron chi connectivity index (χ1n) is 24.2. The van der Waals surface area contributed by atoms with Crippen LogP contribution in [0.3, 0.4) is 0 Å². The molecule has 0 amide bonds. The normalized spacial score (nSPS) is 14.8. The quantitative estimate of drug-likeness (QED) is 0.142. The van der Waals surface area contributed by atoms with Gasteiger partial charge in [0.1, 0.15) is 0 Å². The van der Waals surface area contributed by atoms with Crippen LogP contribution in [0.1, 0.15) is 24.8 Å². The molecule has 0 unspecified atom stereocenters. The maximum absolute atomic E-state index is 9.16. The van der Waals surface area contributed by atoms with Gasteiger partial charge in [-0.15, -0.1) is 11.3 Å². The van der Waals surface area contributed by atoms with Crippen LogP contribution in [0, 0.1) is 0 Å². The highest BCUT2D eigenvalue weighted by molar-refractivity contribution is 7.33. The zero-order valence-electron chi connectivity index (χ0n) is 41.6. The summed E-state index contributed by atoms with van der Waals surface area (Å²) in [4.78, 5) is 5.70. The molecule has 11 rings (SSSR count). The topological polar surface area (TPSA) is 9.72 Å². The van der Waals surface area contributed by atoms with Gasteiger partial charge in [-0.1, -0.05) is 134 Å². The Hall–Kier alpha value is -7.34. The van der Waals surface area contributed by atoms with Gasteiger partial charge in [0.25, 0.3) is 6.71 Å². The van der Waals surface area contributed by atoms with Gasteiger partial charge in [-0.25, -0.2) is 0 Å². The highest BCUT2D eigenvalue weighted by Crippen LogP contribution is 2.49. The van der Waals surface area contributed by atoms with Gasteiger partial charge in [-0.2, -0.15) is 0 Å². The van der Waals surface area contributed by atoms with Gasteiger partial charge in [0.15, 0.2) is 0 Å². The van der Waals surface area contributed by atoms with E-state index in [9.17, 15) is 0 Å². The number of thiophene rings is 1. The number of nitrogens with zero attached hydrogens (tertiary/aromatic N) is 3. The van der Waals surface area contributed by atoms with Gasteiger partial charge >= 0.3 is 0 Å². The number of anilines is 9. The third-order valence-electron chi connectivity index (χ3n) is 11.1. The predicted molar refractivity (Wildman–Crippen MR) is 256 cm³/mol. The molecule has 1 aromatic heterocycles. The lowest BCUT2D eigenvalue weighted by atomic mass is 9.36. The SMILES string of the molecule is [2H]c1c([2H])c([2H])c(N(c2ccc3c(c2)N(c2ccccc2)c2cccc4c2B3c2sc3ccc(-c5ccccc5)cc3c2N4c2ccc(C=C)c(C=C)c2)c2c([2H])c([2H])c([2H])c([2H])c2[2H])c([2H])c1[2H]. The summed E-state index contributed by atoms with van der Waals surface area (Å²) in [5, 5.41) is 1.07. The minimum Gasteiger partial charge on any atom is -0.311 e. The summed E-state index contributed by atoms with van der Waals surface area (Å²) in [6.45, 7) is 7.87. The molecule has 3 nitrogen and oxygen atoms in total. The highest BCUT2D eigenvalue weighted by Gasteiger charge is 2.45. The van der Waals surface area contributed by atoms with Gasteiger partial charge in [-0.05, 0) is 118 Å². The fraction of sp³-hybridized carbons (Fsp3) is 0. The van der Waals surface area contributed by atoms with Crippen LogP contribution in [0.4, 0.5) is 51.2 Å².